The van der Waals surface area contributed by atoms with Crippen molar-refractivity contribution in [1.29, 1.82) is 0 Å². The van der Waals surface area contributed by atoms with Crippen LogP contribution in [-0.4, -0.2) is 29.9 Å². The molecule has 88 valence electrons. The Balaban J connectivity index is 2.66. The number of nitrogens with two attached hydrogens (primary N) is 1. The lowest BCUT2D eigenvalue weighted by molar-refractivity contribution is -0.133. The Morgan fingerprint density at radius 2 is 1.88 bits per heavy atom. The van der Waals surface area contributed by atoms with Crippen LogP contribution in [0.15, 0.2) is 30.3 Å². The lowest BCUT2D eigenvalue weighted by Crippen LogP contribution is -2.50. The molecule has 1 aromatic carbocycles. The van der Waals surface area contributed by atoms with Gasteiger partial charge in [-0.3, -0.25) is 4.79 Å². The highest BCUT2D eigenvalue weighted by atomic mass is 16.2. The van der Waals surface area contributed by atoms with Gasteiger partial charge in [0.2, 0.25) is 5.91 Å². The number of carbonyl (C=O) groups excluding carboxylic acids is 1. The predicted molar refractivity (Wildman–Crippen MR) is 66.0 cm³/mol. The number of nitrogens with zero attached hydrogens (tertiary/aromatic N) is 1. The summed E-state index contributed by atoms with van der Waals surface area (Å²) >= 11 is 0. The lowest BCUT2D eigenvalue weighted by atomic mass is 10.0. The fourth-order valence-corrected chi connectivity index (χ4v) is 1.36. The van der Waals surface area contributed by atoms with Crippen molar-refractivity contribution in [1.82, 2.24) is 4.90 Å². The molecule has 0 saturated carbocycles. The molecule has 0 fully saturated rings. The number of rotatable bonds is 4. The van der Waals surface area contributed by atoms with E-state index in [2.05, 4.69) is 0 Å². The maximum Gasteiger partial charge on any atom is 0.227 e. The first-order valence-corrected chi connectivity index (χ1v) is 5.48. The van der Waals surface area contributed by atoms with Crippen molar-refractivity contribution >= 4 is 5.91 Å². The molecule has 0 radical (unpaired) electrons. The first-order valence-electron chi connectivity index (χ1n) is 5.48. The van der Waals surface area contributed by atoms with E-state index < -0.39 is 0 Å². The van der Waals surface area contributed by atoms with Crippen molar-refractivity contribution in [3.63, 3.8) is 0 Å². The summed E-state index contributed by atoms with van der Waals surface area (Å²) < 4.78 is 0. The van der Waals surface area contributed by atoms with Gasteiger partial charge in [0.1, 0.15) is 0 Å². The summed E-state index contributed by atoms with van der Waals surface area (Å²) in [7, 11) is 1.80. The van der Waals surface area contributed by atoms with Crippen molar-refractivity contribution in [3.05, 3.63) is 35.9 Å². The van der Waals surface area contributed by atoms with Gasteiger partial charge in [0, 0.05) is 19.1 Å². The molecule has 1 amide bonds. The summed E-state index contributed by atoms with van der Waals surface area (Å²) in [5, 5.41) is 0. The van der Waals surface area contributed by atoms with Crippen LogP contribution in [0, 0.1) is 0 Å². The smallest absolute Gasteiger partial charge is 0.227 e. The van der Waals surface area contributed by atoms with Crippen molar-refractivity contribution in [2.24, 2.45) is 5.73 Å². The Labute approximate surface area is 97.2 Å². The fraction of sp³-hybridized carbons (Fsp3) is 0.462. The molecular weight excluding hydrogens is 200 g/mol. The van der Waals surface area contributed by atoms with Crippen LogP contribution in [0.2, 0.25) is 0 Å². The fourth-order valence-electron chi connectivity index (χ4n) is 1.36. The molecule has 3 heteroatoms. The van der Waals surface area contributed by atoms with Gasteiger partial charge in [-0.05, 0) is 19.4 Å². The molecule has 1 aromatic rings. The molecule has 0 spiro atoms. The second kappa shape index (κ2) is 5.12. The number of amides is 1. The molecule has 3 nitrogen and oxygen atoms in total. The Bertz CT molecular complexity index is 346. The highest BCUT2D eigenvalue weighted by molar-refractivity contribution is 5.79. The third-order valence-electron chi connectivity index (χ3n) is 2.98. The molecule has 0 heterocycles. The maximum atomic E-state index is 12.0. The van der Waals surface area contributed by atoms with Gasteiger partial charge >= 0.3 is 0 Å². The third-order valence-corrected chi connectivity index (χ3v) is 2.98. The number of likely N-dealkylation sites (N-methyl/N-ethyl adjacent to an activating group) is 1. The van der Waals surface area contributed by atoms with Crippen LogP contribution in [0.4, 0.5) is 0 Å². The van der Waals surface area contributed by atoms with Gasteiger partial charge in [0.05, 0.1) is 6.42 Å². The topological polar surface area (TPSA) is 46.3 Å². The third kappa shape index (κ3) is 3.07. The van der Waals surface area contributed by atoms with Crippen LogP contribution < -0.4 is 5.73 Å². The van der Waals surface area contributed by atoms with Crippen molar-refractivity contribution in [3.8, 4) is 0 Å². The van der Waals surface area contributed by atoms with E-state index in [-0.39, 0.29) is 11.4 Å². The molecule has 0 aliphatic heterocycles. The minimum Gasteiger partial charge on any atom is -0.339 e. The Morgan fingerprint density at radius 3 is 2.38 bits per heavy atom. The average molecular weight is 220 g/mol. The van der Waals surface area contributed by atoms with Gasteiger partial charge in [0.15, 0.2) is 0 Å². The van der Waals surface area contributed by atoms with Crippen LogP contribution in [0.3, 0.4) is 0 Å². The highest BCUT2D eigenvalue weighted by Crippen LogP contribution is 2.12. The molecule has 0 atom stereocenters. The normalized spacial score (nSPS) is 11.2. The standard InChI is InChI=1S/C13H20N2O/c1-13(2,10-14)15(3)12(16)9-11-7-5-4-6-8-11/h4-8H,9-10,14H2,1-3H3. The largest absolute Gasteiger partial charge is 0.339 e. The van der Waals surface area contributed by atoms with Gasteiger partial charge in [0.25, 0.3) is 0 Å². The molecule has 0 aromatic heterocycles. The van der Waals surface area contributed by atoms with E-state index >= 15 is 0 Å². The zero-order chi connectivity index (χ0) is 12.2. The molecule has 0 unspecified atom stereocenters. The first kappa shape index (κ1) is 12.7. The van der Waals surface area contributed by atoms with Crippen molar-refractivity contribution < 1.29 is 4.79 Å². The zero-order valence-electron chi connectivity index (χ0n) is 10.2. The summed E-state index contributed by atoms with van der Waals surface area (Å²) in [6.07, 6.45) is 0.431. The molecule has 0 aliphatic carbocycles. The minimum atomic E-state index is -0.286. The maximum absolute atomic E-state index is 12.0. The summed E-state index contributed by atoms with van der Waals surface area (Å²) in [4.78, 5) is 13.7. The molecule has 0 aliphatic rings. The van der Waals surface area contributed by atoms with Crippen LogP contribution in [0.1, 0.15) is 19.4 Å². The van der Waals surface area contributed by atoms with Crippen LogP contribution in [-0.2, 0) is 11.2 Å². The van der Waals surface area contributed by atoms with Gasteiger partial charge in [-0.2, -0.15) is 0 Å². The number of hydrogen-bond acceptors (Lipinski definition) is 2. The first-order chi connectivity index (χ1) is 7.47. The van der Waals surface area contributed by atoms with Gasteiger partial charge < -0.3 is 10.6 Å². The van der Waals surface area contributed by atoms with Crippen molar-refractivity contribution in [2.75, 3.05) is 13.6 Å². The number of hydrogen-bond donors (Lipinski definition) is 1. The van der Waals surface area contributed by atoms with E-state index in [0.29, 0.717) is 13.0 Å². The summed E-state index contributed by atoms with van der Waals surface area (Å²) in [5.74, 6) is 0.0988. The summed E-state index contributed by atoms with van der Waals surface area (Å²) in [6.45, 7) is 4.40. The molecule has 0 saturated heterocycles. The van der Waals surface area contributed by atoms with Crippen molar-refractivity contribution in [2.45, 2.75) is 25.8 Å². The Kier molecular flexibility index (Phi) is 4.07. The Hall–Kier alpha value is -1.35. The summed E-state index contributed by atoms with van der Waals surface area (Å²) in [6, 6.07) is 9.75. The highest BCUT2D eigenvalue weighted by Gasteiger charge is 2.25. The van der Waals surface area contributed by atoms with Crippen LogP contribution >= 0.6 is 0 Å². The van der Waals surface area contributed by atoms with Gasteiger partial charge in [-0.1, -0.05) is 30.3 Å². The monoisotopic (exact) mass is 220 g/mol. The second-order valence-electron chi connectivity index (χ2n) is 4.63. The minimum absolute atomic E-state index is 0.0988. The van der Waals surface area contributed by atoms with Crippen LogP contribution in [0.5, 0.6) is 0 Å². The lowest BCUT2D eigenvalue weighted by Gasteiger charge is -2.34. The number of carbonyl (C=O) groups is 1. The van der Waals surface area contributed by atoms with E-state index in [9.17, 15) is 4.79 Å². The predicted octanol–water partition coefficient (Wildman–Crippen LogP) is 1.42. The van der Waals surface area contributed by atoms with Gasteiger partial charge in [-0.25, -0.2) is 0 Å². The molecule has 2 N–H and O–H groups in total. The van der Waals surface area contributed by atoms with E-state index in [4.69, 9.17) is 5.73 Å². The molecule has 16 heavy (non-hydrogen) atoms. The molecule has 0 bridgehead atoms. The van der Waals surface area contributed by atoms with E-state index in [1.165, 1.54) is 0 Å². The number of benzene rings is 1. The zero-order valence-corrected chi connectivity index (χ0v) is 10.2. The van der Waals surface area contributed by atoms with Gasteiger partial charge in [-0.15, -0.1) is 0 Å². The summed E-state index contributed by atoms with van der Waals surface area (Å²) in [5.41, 5.74) is 6.39. The quantitative estimate of drug-likeness (QED) is 0.834. The van der Waals surface area contributed by atoms with E-state index in [1.54, 1.807) is 11.9 Å². The van der Waals surface area contributed by atoms with E-state index in [0.717, 1.165) is 5.56 Å². The van der Waals surface area contributed by atoms with E-state index in [1.807, 2.05) is 44.2 Å². The second-order valence-corrected chi connectivity index (χ2v) is 4.63. The molecular formula is C13H20N2O. The van der Waals surface area contributed by atoms with Crippen LogP contribution in [0.25, 0.3) is 0 Å². The average Bonchev–Trinajstić information content (AvgIpc) is 2.29. The Morgan fingerprint density at radius 1 is 1.31 bits per heavy atom. The molecule has 1 rings (SSSR count). The SMILES string of the molecule is CN(C(=O)Cc1ccccc1)C(C)(C)CN.